The number of aromatic nitrogens is 2. The first kappa shape index (κ1) is 16.2. The van der Waals surface area contributed by atoms with Crippen LogP contribution < -0.4 is 10.6 Å². The van der Waals surface area contributed by atoms with Crippen LogP contribution in [0.2, 0.25) is 5.02 Å². The lowest BCUT2D eigenvalue weighted by atomic mass is 10.2. The average molecular weight is 351 g/mol. The molecule has 0 saturated carbocycles. The van der Waals surface area contributed by atoms with E-state index < -0.39 is 0 Å². The number of benzene rings is 1. The molecule has 1 aromatic carbocycles. The van der Waals surface area contributed by atoms with Gasteiger partial charge in [0.25, 0.3) is 0 Å². The van der Waals surface area contributed by atoms with E-state index >= 15 is 0 Å². The molecule has 0 radical (unpaired) electrons. The molecule has 1 aromatic heterocycles. The van der Waals surface area contributed by atoms with Gasteiger partial charge in [-0.25, -0.2) is 0 Å². The van der Waals surface area contributed by atoms with Crippen molar-refractivity contribution in [2.75, 3.05) is 18.5 Å². The van der Waals surface area contributed by atoms with Crippen LogP contribution in [0.15, 0.2) is 30.0 Å². The van der Waals surface area contributed by atoms with Crippen molar-refractivity contribution in [3.8, 4) is 0 Å². The molecule has 122 valence electrons. The summed E-state index contributed by atoms with van der Waals surface area (Å²) in [6, 6.07) is 7.50. The summed E-state index contributed by atoms with van der Waals surface area (Å²) >= 11 is 7.21. The molecule has 0 amide bonds. The van der Waals surface area contributed by atoms with Crippen molar-refractivity contribution in [3.05, 3.63) is 40.8 Å². The van der Waals surface area contributed by atoms with Gasteiger partial charge in [0, 0.05) is 47.2 Å². The molecular weight excluding hydrogens is 332 g/mol. The summed E-state index contributed by atoms with van der Waals surface area (Å²) in [4.78, 5) is 4.46. The Morgan fingerprint density at radius 3 is 3.00 bits per heavy atom. The summed E-state index contributed by atoms with van der Waals surface area (Å²) in [7, 11) is 0. The van der Waals surface area contributed by atoms with Crippen molar-refractivity contribution in [2.24, 2.45) is 0 Å². The highest BCUT2D eigenvalue weighted by atomic mass is 35.5. The summed E-state index contributed by atoms with van der Waals surface area (Å²) < 4.78 is 9.94. The molecular formula is C16H19ClN4OS. The second-order valence-electron chi connectivity index (χ2n) is 5.43. The van der Waals surface area contributed by atoms with Crippen molar-refractivity contribution in [1.29, 1.82) is 0 Å². The Bertz CT molecular complexity index is 665. The number of halogens is 1. The van der Waals surface area contributed by atoms with Gasteiger partial charge in [0.15, 0.2) is 5.82 Å². The Hall–Kier alpha value is -1.63. The second kappa shape index (κ2) is 7.77. The molecule has 0 unspecified atom stereocenters. The van der Waals surface area contributed by atoms with Crippen LogP contribution >= 0.6 is 23.1 Å². The summed E-state index contributed by atoms with van der Waals surface area (Å²) in [6.07, 6.45) is 4.55. The topological polar surface area (TPSA) is 59.1 Å². The summed E-state index contributed by atoms with van der Waals surface area (Å²) in [6.45, 7) is 3.73. The third-order valence-corrected chi connectivity index (χ3v) is 4.41. The maximum Gasteiger partial charge on any atom is 0.207 e. The van der Waals surface area contributed by atoms with Gasteiger partial charge in [-0.15, -0.1) is 0 Å². The molecule has 1 atom stereocenters. The van der Waals surface area contributed by atoms with Gasteiger partial charge >= 0.3 is 0 Å². The SMILES string of the molecule is C/C(=C\c1nsc(Nc2ccc(Cl)cc2)n1)NC[C@@H]1CCCO1. The van der Waals surface area contributed by atoms with Gasteiger partial charge in [0.2, 0.25) is 5.13 Å². The summed E-state index contributed by atoms with van der Waals surface area (Å²) in [5.74, 6) is 0.698. The minimum Gasteiger partial charge on any atom is -0.386 e. The van der Waals surface area contributed by atoms with Crippen LogP contribution in [-0.4, -0.2) is 28.6 Å². The van der Waals surface area contributed by atoms with E-state index in [0.29, 0.717) is 17.0 Å². The Morgan fingerprint density at radius 1 is 1.43 bits per heavy atom. The largest absolute Gasteiger partial charge is 0.386 e. The van der Waals surface area contributed by atoms with E-state index in [0.717, 1.165) is 42.5 Å². The van der Waals surface area contributed by atoms with Gasteiger partial charge in [-0.3, -0.25) is 0 Å². The van der Waals surface area contributed by atoms with Gasteiger partial charge < -0.3 is 15.4 Å². The van der Waals surface area contributed by atoms with E-state index in [4.69, 9.17) is 16.3 Å². The molecule has 3 rings (SSSR count). The zero-order chi connectivity index (χ0) is 16.1. The quantitative estimate of drug-likeness (QED) is 0.822. The van der Waals surface area contributed by atoms with Gasteiger partial charge in [-0.1, -0.05) is 11.6 Å². The van der Waals surface area contributed by atoms with Crippen LogP contribution in [0.25, 0.3) is 6.08 Å². The number of hydrogen-bond acceptors (Lipinski definition) is 6. The normalized spacial score (nSPS) is 18.2. The third kappa shape index (κ3) is 4.92. The molecule has 2 N–H and O–H groups in total. The lowest BCUT2D eigenvalue weighted by molar-refractivity contribution is 0.112. The molecule has 7 heteroatoms. The predicted molar refractivity (Wildman–Crippen MR) is 95.3 cm³/mol. The van der Waals surface area contributed by atoms with Gasteiger partial charge in [-0.2, -0.15) is 9.36 Å². The predicted octanol–water partition coefficient (Wildman–Crippen LogP) is 4.06. The van der Waals surface area contributed by atoms with E-state index in [1.54, 1.807) is 0 Å². The number of nitrogens with zero attached hydrogens (tertiary/aromatic N) is 2. The minimum atomic E-state index is 0.323. The number of anilines is 2. The minimum absolute atomic E-state index is 0.323. The first-order valence-corrected chi connectivity index (χ1v) is 8.74. The molecule has 1 fully saturated rings. The molecule has 2 aromatic rings. The van der Waals surface area contributed by atoms with E-state index in [9.17, 15) is 0 Å². The van der Waals surface area contributed by atoms with Crippen LogP contribution in [0.5, 0.6) is 0 Å². The number of rotatable bonds is 6. The van der Waals surface area contributed by atoms with Crippen molar-refractivity contribution >= 4 is 40.0 Å². The number of allylic oxidation sites excluding steroid dienone is 1. The van der Waals surface area contributed by atoms with Crippen molar-refractivity contribution in [1.82, 2.24) is 14.7 Å². The fourth-order valence-electron chi connectivity index (χ4n) is 2.33. The van der Waals surface area contributed by atoms with Crippen LogP contribution in [0.1, 0.15) is 25.6 Å². The highest BCUT2D eigenvalue weighted by molar-refractivity contribution is 7.09. The Morgan fingerprint density at radius 2 is 2.26 bits per heavy atom. The fourth-order valence-corrected chi connectivity index (χ4v) is 3.02. The summed E-state index contributed by atoms with van der Waals surface area (Å²) in [5.41, 5.74) is 1.98. The lowest BCUT2D eigenvalue weighted by Crippen LogP contribution is -2.24. The van der Waals surface area contributed by atoms with Crippen LogP contribution in [0.4, 0.5) is 10.8 Å². The number of nitrogens with one attached hydrogen (secondary N) is 2. The lowest BCUT2D eigenvalue weighted by Gasteiger charge is -2.11. The van der Waals surface area contributed by atoms with Crippen molar-refractivity contribution in [3.63, 3.8) is 0 Å². The van der Waals surface area contributed by atoms with Gasteiger partial charge in [-0.05, 0) is 44.0 Å². The smallest absolute Gasteiger partial charge is 0.207 e. The van der Waals surface area contributed by atoms with E-state index in [1.165, 1.54) is 11.5 Å². The zero-order valence-electron chi connectivity index (χ0n) is 12.9. The second-order valence-corrected chi connectivity index (χ2v) is 6.62. The Balaban J connectivity index is 1.55. The van der Waals surface area contributed by atoms with Gasteiger partial charge in [0.1, 0.15) is 0 Å². The summed E-state index contributed by atoms with van der Waals surface area (Å²) in [5, 5.41) is 8.05. The fraction of sp³-hybridized carbons (Fsp3) is 0.375. The Labute approximate surface area is 144 Å². The first-order chi connectivity index (χ1) is 11.2. The maximum absolute atomic E-state index is 5.88. The van der Waals surface area contributed by atoms with Gasteiger partial charge in [0.05, 0.1) is 6.10 Å². The molecule has 0 aliphatic carbocycles. The van der Waals surface area contributed by atoms with Crippen LogP contribution in [0, 0.1) is 0 Å². The number of ether oxygens (including phenoxy) is 1. The van der Waals surface area contributed by atoms with E-state index in [2.05, 4.69) is 20.0 Å². The standard InChI is InChI=1S/C16H19ClN4OS/c1-11(18-10-14-3-2-8-22-14)9-15-20-16(23-21-15)19-13-6-4-12(17)5-7-13/h4-7,9,14,18H,2-3,8,10H2,1H3,(H,19,20,21)/b11-9+/t14-/m0/s1. The highest BCUT2D eigenvalue weighted by Gasteiger charge is 2.14. The first-order valence-electron chi connectivity index (χ1n) is 7.59. The Kier molecular flexibility index (Phi) is 5.48. The van der Waals surface area contributed by atoms with E-state index in [1.807, 2.05) is 37.3 Å². The third-order valence-electron chi connectivity index (χ3n) is 3.52. The monoisotopic (exact) mass is 350 g/mol. The highest BCUT2D eigenvalue weighted by Crippen LogP contribution is 2.21. The molecule has 1 aliphatic rings. The van der Waals surface area contributed by atoms with Crippen molar-refractivity contribution in [2.45, 2.75) is 25.9 Å². The van der Waals surface area contributed by atoms with E-state index in [-0.39, 0.29) is 0 Å². The van der Waals surface area contributed by atoms with Crippen LogP contribution in [-0.2, 0) is 4.74 Å². The average Bonchev–Trinajstić information content (AvgIpc) is 3.20. The maximum atomic E-state index is 5.88. The molecule has 1 saturated heterocycles. The molecule has 0 bridgehead atoms. The molecule has 23 heavy (non-hydrogen) atoms. The number of hydrogen-bond donors (Lipinski definition) is 2. The van der Waals surface area contributed by atoms with Crippen molar-refractivity contribution < 1.29 is 4.74 Å². The molecule has 2 heterocycles. The zero-order valence-corrected chi connectivity index (χ0v) is 14.5. The molecule has 1 aliphatic heterocycles. The molecule has 0 spiro atoms. The molecule has 5 nitrogen and oxygen atoms in total. The van der Waals surface area contributed by atoms with Crippen LogP contribution in [0.3, 0.4) is 0 Å².